The summed E-state index contributed by atoms with van der Waals surface area (Å²) in [5, 5.41) is 8.68. The molecular formula is C13H17N5O. The van der Waals surface area contributed by atoms with E-state index >= 15 is 0 Å². The van der Waals surface area contributed by atoms with Crippen LogP contribution in [-0.2, 0) is 0 Å². The Labute approximate surface area is 111 Å². The lowest BCUT2D eigenvalue weighted by Crippen LogP contribution is -2.48. The molecule has 2 fully saturated rings. The van der Waals surface area contributed by atoms with Crippen LogP contribution in [-0.4, -0.2) is 47.2 Å². The normalized spacial score (nSPS) is 20.3. The molecule has 6 nitrogen and oxygen atoms in total. The number of anilines is 1. The first-order chi connectivity index (χ1) is 9.29. The molecule has 0 amide bonds. The highest BCUT2D eigenvalue weighted by atomic mass is 16.1. The fourth-order valence-electron chi connectivity index (χ4n) is 2.49. The molecule has 19 heavy (non-hydrogen) atoms. The highest BCUT2D eigenvalue weighted by Crippen LogP contribution is 2.33. The monoisotopic (exact) mass is 259 g/mol. The molecule has 2 heterocycles. The Hall–Kier alpha value is -1.87. The SMILES string of the molecule is N#CCN1CCN(c2nccn(C3CC3)c2=O)CC1. The molecule has 6 heteroatoms. The first-order valence-electron chi connectivity index (χ1n) is 6.71. The van der Waals surface area contributed by atoms with Crippen molar-refractivity contribution in [3.63, 3.8) is 0 Å². The number of piperazine rings is 1. The van der Waals surface area contributed by atoms with Crippen molar-refractivity contribution < 1.29 is 0 Å². The van der Waals surface area contributed by atoms with Gasteiger partial charge in [0, 0.05) is 44.6 Å². The molecule has 0 radical (unpaired) electrons. The van der Waals surface area contributed by atoms with E-state index in [-0.39, 0.29) is 5.56 Å². The minimum atomic E-state index is 0.0266. The Bertz CT molecular complexity index is 549. The van der Waals surface area contributed by atoms with Crippen molar-refractivity contribution in [1.82, 2.24) is 14.5 Å². The summed E-state index contributed by atoms with van der Waals surface area (Å²) in [6.07, 6.45) is 5.70. The molecule has 0 spiro atoms. The van der Waals surface area contributed by atoms with E-state index in [1.807, 2.05) is 9.47 Å². The third-order valence-electron chi connectivity index (χ3n) is 3.76. The molecule has 1 saturated heterocycles. The molecule has 0 bridgehead atoms. The predicted octanol–water partition coefficient (Wildman–Crippen LogP) is 0.224. The molecule has 0 aromatic carbocycles. The summed E-state index contributed by atoms with van der Waals surface area (Å²) in [4.78, 5) is 20.7. The van der Waals surface area contributed by atoms with Crippen LogP contribution in [0.25, 0.3) is 0 Å². The van der Waals surface area contributed by atoms with Gasteiger partial charge in [0.15, 0.2) is 5.82 Å². The van der Waals surface area contributed by atoms with Crippen LogP contribution in [0.5, 0.6) is 0 Å². The third kappa shape index (κ3) is 2.47. The van der Waals surface area contributed by atoms with Crippen LogP contribution >= 0.6 is 0 Å². The van der Waals surface area contributed by atoms with Crippen molar-refractivity contribution in [3.05, 3.63) is 22.7 Å². The van der Waals surface area contributed by atoms with E-state index in [2.05, 4.69) is 16.0 Å². The van der Waals surface area contributed by atoms with Gasteiger partial charge in [-0.05, 0) is 12.8 Å². The summed E-state index contributed by atoms with van der Waals surface area (Å²) in [5.74, 6) is 0.561. The van der Waals surface area contributed by atoms with Gasteiger partial charge in [-0.1, -0.05) is 0 Å². The minimum absolute atomic E-state index is 0.0266. The number of aromatic nitrogens is 2. The summed E-state index contributed by atoms with van der Waals surface area (Å²) in [6.45, 7) is 3.61. The lowest BCUT2D eigenvalue weighted by molar-refractivity contribution is 0.286. The Morgan fingerprint density at radius 3 is 2.68 bits per heavy atom. The van der Waals surface area contributed by atoms with E-state index in [9.17, 15) is 4.79 Å². The molecule has 1 saturated carbocycles. The first kappa shape index (κ1) is 12.2. The third-order valence-corrected chi connectivity index (χ3v) is 3.76. The predicted molar refractivity (Wildman–Crippen MR) is 71.0 cm³/mol. The van der Waals surface area contributed by atoms with Gasteiger partial charge < -0.3 is 9.47 Å². The number of rotatable bonds is 3. The summed E-state index contributed by atoms with van der Waals surface area (Å²) >= 11 is 0. The Balaban J connectivity index is 1.75. The van der Waals surface area contributed by atoms with E-state index in [0.717, 1.165) is 39.0 Å². The zero-order valence-corrected chi connectivity index (χ0v) is 10.8. The molecule has 0 atom stereocenters. The van der Waals surface area contributed by atoms with Crippen LogP contribution < -0.4 is 10.5 Å². The van der Waals surface area contributed by atoms with Crippen LogP contribution in [0.15, 0.2) is 17.2 Å². The average molecular weight is 259 g/mol. The lowest BCUT2D eigenvalue weighted by Gasteiger charge is -2.33. The first-order valence-corrected chi connectivity index (χ1v) is 6.71. The van der Waals surface area contributed by atoms with Gasteiger partial charge in [-0.15, -0.1) is 0 Å². The second-order valence-electron chi connectivity index (χ2n) is 5.12. The smallest absolute Gasteiger partial charge is 0.293 e. The van der Waals surface area contributed by atoms with Crippen molar-refractivity contribution in [3.8, 4) is 6.07 Å². The molecular weight excluding hydrogens is 242 g/mol. The number of hydrogen-bond acceptors (Lipinski definition) is 5. The van der Waals surface area contributed by atoms with Crippen molar-refractivity contribution >= 4 is 5.82 Å². The van der Waals surface area contributed by atoms with Gasteiger partial charge in [-0.2, -0.15) is 5.26 Å². The molecule has 100 valence electrons. The molecule has 1 aromatic rings. The zero-order chi connectivity index (χ0) is 13.2. The largest absolute Gasteiger partial charge is 0.349 e. The summed E-state index contributed by atoms with van der Waals surface area (Å²) in [7, 11) is 0. The van der Waals surface area contributed by atoms with E-state index in [1.165, 1.54) is 0 Å². The van der Waals surface area contributed by atoms with E-state index < -0.39 is 0 Å². The molecule has 1 aliphatic carbocycles. The summed E-state index contributed by atoms with van der Waals surface area (Å²) in [5.41, 5.74) is 0.0266. The summed E-state index contributed by atoms with van der Waals surface area (Å²) < 4.78 is 1.81. The topological polar surface area (TPSA) is 65.2 Å². The van der Waals surface area contributed by atoms with Crippen LogP contribution in [0.2, 0.25) is 0 Å². The molecule has 3 rings (SSSR count). The van der Waals surface area contributed by atoms with Crippen LogP contribution in [0.4, 0.5) is 5.82 Å². The van der Waals surface area contributed by atoms with Crippen LogP contribution in [0, 0.1) is 11.3 Å². The van der Waals surface area contributed by atoms with Crippen molar-refractivity contribution in [2.24, 2.45) is 0 Å². The molecule has 0 N–H and O–H groups in total. The van der Waals surface area contributed by atoms with Gasteiger partial charge in [0.2, 0.25) is 0 Å². The van der Waals surface area contributed by atoms with Gasteiger partial charge in [0.25, 0.3) is 5.56 Å². The van der Waals surface area contributed by atoms with Gasteiger partial charge in [0.05, 0.1) is 12.6 Å². The molecule has 1 aliphatic heterocycles. The quantitative estimate of drug-likeness (QED) is 0.727. The van der Waals surface area contributed by atoms with E-state index in [0.29, 0.717) is 18.4 Å². The van der Waals surface area contributed by atoms with Crippen molar-refractivity contribution in [2.45, 2.75) is 18.9 Å². The maximum absolute atomic E-state index is 12.3. The fourth-order valence-corrected chi connectivity index (χ4v) is 2.49. The maximum Gasteiger partial charge on any atom is 0.293 e. The number of nitriles is 1. The highest BCUT2D eigenvalue weighted by Gasteiger charge is 2.27. The lowest BCUT2D eigenvalue weighted by atomic mass is 10.3. The summed E-state index contributed by atoms with van der Waals surface area (Å²) in [6, 6.07) is 2.55. The Morgan fingerprint density at radius 2 is 2.05 bits per heavy atom. The van der Waals surface area contributed by atoms with E-state index in [4.69, 9.17) is 5.26 Å². The maximum atomic E-state index is 12.3. The fraction of sp³-hybridized carbons (Fsp3) is 0.615. The van der Waals surface area contributed by atoms with Gasteiger partial charge in [-0.25, -0.2) is 4.98 Å². The number of hydrogen-bond donors (Lipinski definition) is 0. The molecule has 0 unspecified atom stereocenters. The second kappa shape index (κ2) is 5.02. The van der Waals surface area contributed by atoms with Crippen LogP contribution in [0.3, 0.4) is 0 Å². The second-order valence-corrected chi connectivity index (χ2v) is 5.12. The molecule has 2 aliphatic rings. The Morgan fingerprint density at radius 1 is 1.32 bits per heavy atom. The van der Waals surface area contributed by atoms with Gasteiger partial charge >= 0.3 is 0 Å². The van der Waals surface area contributed by atoms with Gasteiger partial charge in [0.1, 0.15) is 0 Å². The van der Waals surface area contributed by atoms with E-state index in [1.54, 1.807) is 12.4 Å². The zero-order valence-electron chi connectivity index (χ0n) is 10.8. The number of nitrogens with zero attached hydrogens (tertiary/aromatic N) is 5. The highest BCUT2D eigenvalue weighted by molar-refractivity contribution is 5.36. The Kier molecular flexibility index (Phi) is 3.22. The molecule has 1 aromatic heterocycles. The average Bonchev–Trinajstić information content (AvgIpc) is 3.25. The standard InChI is InChI=1S/C13H17N5O/c14-3-5-16-7-9-17(10-8-16)12-13(19)18(6-4-15-12)11-1-2-11/h4,6,11H,1-2,5,7-10H2. The van der Waals surface area contributed by atoms with Crippen molar-refractivity contribution in [1.29, 1.82) is 5.26 Å². The minimum Gasteiger partial charge on any atom is -0.349 e. The van der Waals surface area contributed by atoms with Crippen LogP contribution in [0.1, 0.15) is 18.9 Å². The van der Waals surface area contributed by atoms with Crippen molar-refractivity contribution in [2.75, 3.05) is 37.6 Å². The van der Waals surface area contributed by atoms with Gasteiger partial charge in [-0.3, -0.25) is 9.69 Å².